The Morgan fingerprint density at radius 3 is 2.76 bits per heavy atom. The van der Waals surface area contributed by atoms with Gasteiger partial charge in [-0.25, -0.2) is 4.98 Å². The Kier molecular flexibility index (Phi) is 5.57. The Morgan fingerprint density at radius 2 is 2.05 bits per heavy atom. The molecule has 1 aromatic carbocycles. The first kappa shape index (κ1) is 15.3. The van der Waals surface area contributed by atoms with E-state index in [1.165, 1.54) is 12.3 Å². The molecule has 2 rings (SSSR count). The van der Waals surface area contributed by atoms with Crippen molar-refractivity contribution in [1.82, 2.24) is 4.98 Å². The van der Waals surface area contributed by atoms with E-state index in [2.05, 4.69) is 26.2 Å². The monoisotopic (exact) mass is 350 g/mol. The lowest BCUT2D eigenvalue weighted by Crippen LogP contribution is -2.13. The first-order chi connectivity index (χ1) is 10.1. The molecule has 0 aliphatic rings. The largest absolute Gasteiger partial charge is 0.504 e. The predicted octanol–water partition coefficient (Wildman–Crippen LogP) is 3.35. The molecule has 0 saturated carbocycles. The van der Waals surface area contributed by atoms with Crippen LogP contribution < -0.4 is 10.1 Å². The summed E-state index contributed by atoms with van der Waals surface area (Å²) in [4.78, 5) is 15.6. The number of aromatic hydroxyl groups is 1. The molecule has 110 valence electrons. The van der Waals surface area contributed by atoms with E-state index in [0.717, 1.165) is 10.2 Å². The molecule has 0 atom stereocenters. The highest BCUT2D eigenvalue weighted by Gasteiger charge is 2.06. The summed E-state index contributed by atoms with van der Waals surface area (Å²) < 4.78 is 6.51. The number of amides is 1. The van der Waals surface area contributed by atoms with E-state index in [-0.39, 0.29) is 17.5 Å². The number of hydrogen-bond donors (Lipinski definition) is 2. The van der Waals surface area contributed by atoms with Crippen LogP contribution >= 0.6 is 15.9 Å². The third kappa shape index (κ3) is 5.07. The van der Waals surface area contributed by atoms with Gasteiger partial charge in [0, 0.05) is 17.1 Å². The van der Waals surface area contributed by atoms with Crippen LogP contribution in [0.3, 0.4) is 0 Å². The second-order valence-electron chi connectivity index (χ2n) is 4.33. The fourth-order valence-corrected chi connectivity index (χ4v) is 1.91. The molecule has 2 N–H and O–H groups in total. The van der Waals surface area contributed by atoms with Crippen LogP contribution in [0.5, 0.6) is 11.5 Å². The number of carbonyl (C=O) groups excluding carboxylic acids is 1. The lowest BCUT2D eigenvalue weighted by Gasteiger charge is -2.07. The Morgan fingerprint density at radius 1 is 1.29 bits per heavy atom. The van der Waals surface area contributed by atoms with Crippen LogP contribution in [0.1, 0.15) is 12.8 Å². The van der Waals surface area contributed by atoms with Gasteiger partial charge < -0.3 is 15.2 Å². The highest BCUT2D eigenvalue weighted by atomic mass is 79.9. The molecule has 0 spiro atoms. The van der Waals surface area contributed by atoms with Crippen LogP contribution in [0.15, 0.2) is 47.1 Å². The van der Waals surface area contributed by atoms with Crippen molar-refractivity contribution in [1.29, 1.82) is 0 Å². The molecule has 1 amide bonds. The minimum atomic E-state index is -0.205. The normalized spacial score (nSPS) is 10.1. The summed E-state index contributed by atoms with van der Waals surface area (Å²) in [5, 5.41) is 12.1. The van der Waals surface area contributed by atoms with E-state index in [1.807, 2.05) is 24.3 Å². The highest BCUT2D eigenvalue weighted by molar-refractivity contribution is 9.10. The number of aromatic nitrogens is 1. The van der Waals surface area contributed by atoms with E-state index >= 15 is 0 Å². The lowest BCUT2D eigenvalue weighted by molar-refractivity contribution is -0.116. The Balaban J connectivity index is 1.70. The molecule has 21 heavy (non-hydrogen) atoms. The highest BCUT2D eigenvalue weighted by Crippen LogP contribution is 2.19. The lowest BCUT2D eigenvalue weighted by atomic mass is 10.3. The molecule has 0 bridgehead atoms. The Hall–Kier alpha value is -2.08. The van der Waals surface area contributed by atoms with Gasteiger partial charge >= 0.3 is 0 Å². The van der Waals surface area contributed by atoms with Crippen LogP contribution in [0.4, 0.5) is 5.82 Å². The van der Waals surface area contributed by atoms with Crippen LogP contribution in [0.2, 0.25) is 0 Å². The molecule has 6 heteroatoms. The molecule has 1 aromatic heterocycles. The molecule has 0 saturated heterocycles. The van der Waals surface area contributed by atoms with Crippen molar-refractivity contribution in [3.63, 3.8) is 0 Å². The van der Waals surface area contributed by atoms with E-state index in [9.17, 15) is 9.90 Å². The number of carbonyl (C=O) groups is 1. The van der Waals surface area contributed by atoms with Crippen LogP contribution in [-0.4, -0.2) is 22.6 Å². The van der Waals surface area contributed by atoms with Crippen molar-refractivity contribution >= 4 is 27.7 Å². The van der Waals surface area contributed by atoms with Gasteiger partial charge in [0.15, 0.2) is 11.6 Å². The number of pyridine rings is 1. The van der Waals surface area contributed by atoms with Gasteiger partial charge in [-0.1, -0.05) is 15.9 Å². The number of nitrogens with one attached hydrogen (secondary N) is 1. The Bertz CT molecular complexity index is 602. The number of anilines is 1. The van der Waals surface area contributed by atoms with Gasteiger partial charge in [0.2, 0.25) is 5.91 Å². The van der Waals surface area contributed by atoms with Gasteiger partial charge in [0.1, 0.15) is 5.75 Å². The zero-order valence-corrected chi connectivity index (χ0v) is 12.8. The summed E-state index contributed by atoms with van der Waals surface area (Å²) in [6, 6.07) is 10.6. The topological polar surface area (TPSA) is 71.5 Å². The third-order valence-corrected chi connectivity index (χ3v) is 3.20. The quantitative estimate of drug-likeness (QED) is 0.783. The number of halogens is 1. The maximum absolute atomic E-state index is 11.7. The molecular formula is C15H15BrN2O3. The van der Waals surface area contributed by atoms with Crippen molar-refractivity contribution in [2.45, 2.75) is 12.8 Å². The fourth-order valence-electron chi connectivity index (χ4n) is 1.64. The average molecular weight is 351 g/mol. The molecule has 5 nitrogen and oxygen atoms in total. The molecule has 0 aliphatic heterocycles. The number of rotatable bonds is 6. The molecular weight excluding hydrogens is 336 g/mol. The molecule has 1 heterocycles. The van der Waals surface area contributed by atoms with Gasteiger partial charge in [0.05, 0.1) is 6.61 Å². The van der Waals surface area contributed by atoms with Crippen LogP contribution in [-0.2, 0) is 4.79 Å². The zero-order chi connectivity index (χ0) is 15.1. The van der Waals surface area contributed by atoms with Gasteiger partial charge in [0.25, 0.3) is 0 Å². The van der Waals surface area contributed by atoms with E-state index in [0.29, 0.717) is 19.4 Å². The zero-order valence-electron chi connectivity index (χ0n) is 11.3. The van der Waals surface area contributed by atoms with Crippen molar-refractivity contribution in [2.24, 2.45) is 0 Å². The summed E-state index contributed by atoms with van der Waals surface area (Å²) >= 11 is 3.35. The minimum absolute atomic E-state index is 0.0445. The van der Waals surface area contributed by atoms with E-state index in [1.54, 1.807) is 6.07 Å². The summed E-state index contributed by atoms with van der Waals surface area (Å²) in [6.07, 6.45) is 2.38. The number of ether oxygens (including phenoxy) is 1. The standard InChI is InChI=1S/C15H15BrN2O3/c16-11-5-7-12(8-6-11)21-10-2-4-14(20)18-15-13(19)3-1-9-17-15/h1,3,5-9,19H,2,4,10H2,(H,17,18,20). The molecule has 0 fully saturated rings. The van der Waals surface area contributed by atoms with E-state index < -0.39 is 0 Å². The fraction of sp³-hybridized carbons (Fsp3) is 0.200. The molecule has 2 aromatic rings. The number of nitrogens with zero attached hydrogens (tertiary/aromatic N) is 1. The molecule has 0 radical (unpaired) electrons. The third-order valence-electron chi connectivity index (χ3n) is 2.67. The van der Waals surface area contributed by atoms with Crippen molar-refractivity contribution in [2.75, 3.05) is 11.9 Å². The summed E-state index contributed by atoms with van der Waals surface area (Å²) in [5.41, 5.74) is 0. The van der Waals surface area contributed by atoms with Crippen LogP contribution in [0.25, 0.3) is 0 Å². The summed E-state index contributed by atoms with van der Waals surface area (Å²) in [6.45, 7) is 0.448. The summed E-state index contributed by atoms with van der Waals surface area (Å²) in [5.74, 6) is 0.692. The predicted molar refractivity (Wildman–Crippen MR) is 83.4 cm³/mol. The average Bonchev–Trinajstić information content (AvgIpc) is 2.48. The van der Waals surface area contributed by atoms with Crippen molar-refractivity contribution in [3.8, 4) is 11.5 Å². The van der Waals surface area contributed by atoms with Crippen LogP contribution in [0, 0.1) is 0 Å². The van der Waals surface area contributed by atoms with E-state index in [4.69, 9.17) is 4.74 Å². The van der Waals surface area contributed by atoms with Gasteiger partial charge in [-0.15, -0.1) is 0 Å². The molecule has 0 aliphatic carbocycles. The smallest absolute Gasteiger partial charge is 0.225 e. The molecule has 0 unspecified atom stereocenters. The first-order valence-corrected chi connectivity index (χ1v) is 7.26. The number of benzene rings is 1. The summed E-state index contributed by atoms with van der Waals surface area (Å²) in [7, 11) is 0. The second kappa shape index (κ2) is 7.64. The van der Waals surface area contributed by atoms with Crippen molar-refractivity contribution < 1.29 is 14.6 Å². The number of hydrogen-bond acceptors (Lipinski definition) is 4. The van der Waals surface area contributed by atoms with Gasteiger partial charge in [-0.3, -0.25) is 4.79 Å². The van der Waals surface area contributed by atoms with Crippen molar-refractivity contribution in [3.05, 3.63) is 47.1 Å². The maximum Gasteiger partial charge on any atom is 0.225 e. The first-order valence-electron chi connectivity index (χ1n) is 6.47. The second-order valence-corrected chi connectivity index (χ2v) is 5.24. The minimum Gasteiger partial charge on any atom is -0.504 e. The maximum atomic E-state index is 11.7. The van der Waals surface area contributed by atoms with Gasteiger partial charge in [-0.05, 0) is 42.8 Å². The SMILES string of the molecule is O=C(CCCOc1ccc(Br)cc1)Nc1ncccc1O. The Labute approximate surface area is 131 Å². The van der Waals surface area contributed by atoms with Gasteiger partial charge in [-0.2, -0.15) is 0 Å².